The van der Waals surface area contributed by atoms with Crippen molar-refractivity contribution >= 4 is 15.7 Å². The van der Waals surface area contributed by atoms with Gasteiger partial charge in [0.2, 0.25) is 10.0 Å². The van der Waals surface area contributed by atoms with Gasteiger partial charge in [0.05, 0.1) is 11.3 Å². The van der Waals surface area contributed by atoms with E-state index in [0.717, 1.165) is 6.07 Å². The van der Waals surface area contributed by atoms with Gasteiger partial charge in [0.15, 0.2) is 0 Å². The third-order valence-corrected chi connectivity index (χ3v) is 3.81. The van der Waals surface area contributed by atoms with Gasteiger partial charge in [0, 0.05) is 5.69 Å². The predicted molar refractivity (Wildman–Crippen MR) is 67.3 cm³/mol. The Labute approximate surface area is 109 Å². The van der Waals surface area contributed by atoms with Gasteiger partial charge in [0.25, 0.3) is 0 Å². The normalized spacial score (nSPS) is 12.5. The summed E-state index contributed by atoms with van der Waals surface area (Å²) in [4.78, 5) is 0. The second-order valence-electron chi connectivity index (χ2n) is 4.09. The van der Waals surface area contributed by atoms with Crippen LogP contribution in [0.3, 0.4) is 0 Å². The van der Waals surface area contributed by atoms with Crippen molar-refractivity contribution in [3.63, 3.8) is 0 Å². The van der Waals surface area contributed by atoms with E-state index in [2.05, 4.69) is 4.72 Å². The van der Waals surface area contributed by atoms with E-state index < -0.39 is 21.8 Å². The maximum Gasteiger partial charge on any atom is 0.416 e. The molecule has 0 bridgehead atoms. The van der Waals surface area contributed by atoms with Gasteiger partial charge in [-0.1, -0.05) is 6.07 Å². The van der Waals surface area contributed by atoms with E-state index in [1.54, 1.807) is 0 Å². The van der Waals surface area contributed by atoms with E-state index in [-0.39, 0.29) is 30.0 Å². The van der Waals surface area contributed by atoms with Gasteiger partial charge in [-0.25, -0.2) is 8.42 Å². The van der Waals surface area contributed by atoms with Gasteiger partial charge in [-0.05, 0) is 37.6 Å². The number of alkyl halides is 3. The van der Waals surface area contributed by atoms with Gasteiger partial charge in [-0.3, -0.25) is 4.72 Å². The number of rotatable bonds is 5. The first-order valence-electron chi connectivity index (χ1n) is 5.54. The molecule has 0 aliphatic carbocycles. The number of nitrogens with two attached hydrogens (primary N) is 1. The van der Waals surface area contributed by atoms with Crippen molar-refractivity contribution in [1.82, 2.24) is 0 Å². The summed E-state index contributed by atoms with van der Waals surface area (Å²) in [6.45, 7) is 1.51. The highest BCUT2D eigenvalue weighted by Crippen LogP contribution is 2.33. The highest BCUT2D eigenvalue weighted by Gasteiger charge is 2.32. The van der Waals surface area contributed by atoms with Crippen LogP contribution in [-0.2, 0) is 16.2 Å². The lowest BCUT2D eigenvalue weighted by molar-refractivity contribution is -0.138. The number of hydrogen-bond acceptors (Lipinski definition) is 3. The van der Waals surface area contributed by atoms with E-state index in [1.807, 2.05) is 0 Å². The minimum Gasteiger partial charge on any atom is -0.330 e. The van der Waals surface area contributed by atoms with Crippen molar-refractivity contribution in [2.24, 2.45) is 5.73 Å². The second-order valence-corrected chi connectivity index (χ2v) is 5.93. The molecule has 0 aliphatic heterocycles. The Morgan fingerprint density at radius 1 is 1.32 bits per heavy atom. The van der Waals surface area contributed by atoms with Gasteiger partial charge in [0.1, 0.15) is 0 Å². The van der Waals surface area contributed by atoms with E-state index in [4.69, 9.17) is 5.73 Å². The average molecular weight is 296 g/mol. The third kappa shape index (κ3) is 4.71. The topological polar surface area (TPSA) is 72.2 Å². The highest BCUT2D eigenvalue weighted by atomic mass is 32.2. The van der Waals surface area contributed by atoms with E-state index in [1.165, 1.54) is 19.1 Å². The summed E-state index contributed by atoms with van der Waals surface area (Å²) < 4.78 is 63.2. The first-order valence-corrected chi connectivity index (χ1v) is 7.19. The largest absolute Gasteiger partial charge is 0.416 e. The number of nitrogens with one attached hydrogen (secondary N) is 1. The van der Waals surface area contributed by atoms with Gasteiger partial charge in [-0.2, -0.15) is 13.2 Å². The van der Waals surface area contributed by atoms with Crippen LogP contribution in [0.4, 0.5) is 18.9 Å². The minimum atomic E-state index is -4.51. The molecule has 0 aliphatic rings. The van der Waals surface area contributed by atoms with Crippen molar-refractivity contribution in [2.75, 3.05) is 17.0 Å². The number of hydrogen-bond donors (Lipinski definition) is 2. The summed E-state index contributed by atoms with van der Waals surface area (Å²) in [6, 6.07) is 3.31. The molecule has 1 aromatic rings. The highest BCUT2D eigenvalue weighted by molar-refractivity contribution is 7.92. The van der Waals surface area contributed by atoms with E-state index >= 15 is 0 Å². The fraction of sp³-hybridized carbons (Fsp3) is 0.455. The molecule has 1 aromatic carbocycles. The molecule has 4 nitrogen and oxygen atoms in total. The Bertz CT molecular complexity index is 541. The number of aryl methyl sites for hydroxylation is 1. The Hall–Kier alpha value is -1.28. The van der Waals surface area contributed by atoms with Crippen LogP contribution in [-0.4, -0.2) is 20.7 Å². The average Bonchev–Trinajstić information content (AvgIpc) is 2.27. The summed E-state index contributed by atoms with van der Waals surface area (Å²) in [7, 11) is -3.67. The van der Waals surface area contributed by atoms with Crippen LogP contribution in [0.1, 0.15) is 17.5 Å². The summed E-state index contributed by atoms with van der Waals surface area (Å²) in [5.74, 6) is -0.223. The molecule has 0 saturated carbocycles. The van der Waals surface area contributed by atoms with Crippen LogP contribution >= 0.6 is 0 Å². The Kier molecular flexibility index (Phi) is 4.81. The molecule has 0 aromatic heterocycles. The third-order valence-electron chi connectivity index (χ3n) is 2.43. The molecular weight excluding hydrogens is 281 g/mol. The smallest absolute Gasteiger partial charge is 0.330 e. The first-order chi connectivity index (χ1) is 8.65. The zero-order valence-corrected chi connectivity index (χ0v) is 11.1. The van der Waals surface area contributed by atoms with Crippen LogP contribution in [0.25, 0.3) is 0 Å². The van der Waals surface area contributed by atoms with Crippen LogP contribution in [0.5, 0.6) is 0 Å². The molecule has 0 unspecified atom stereocenters. The summed E-state index contributed by atoms with van der Waals surface area (Å²) >= 11 is 0. The molecule has 0 heterocycles. The predicted octanol–water partition coefficient (Wildman–Crippen LogP) is 2.10. The van der Waals surface area contributed by atoms with E-state index in [9.17, 15) is 21.6 Å². The molecule has 0 radical (unpaired) electrons. The van der Waals surface area contributed by atoms with Gasteiger partial charge in [-0.15, -0.1) is 0 Å². The van der Waals surface area contributed by atoms with Crippen LogP contribution < -0.4 is 10.5 Å². The fourth-order valence-corrected chi connectivity index (χ4v) is 2.63. The lowest BCUT2D eigenvalue weighted by Gasteiger charge is -2.13. The molecule has 19 heavy (non-hydrogen) atoms. The molecule has 0 amide bonds. The fourth-order valence-electron chi connectivity index (χ4n) is 1.49. The SMILES string of the molecule is Cc1ccc(NS(=O)(=O)CCCN)cc1C(F)(F)F. The number of halogens is 3. The van der Waals surface area contributed by atoms with Crippen LogP contribution in [0, 0.1) is 6.92 Å². The Morgan fingerprint density at radius 2 is 1.95 bits per heavy atom. The zero-order chi connectivity index (χ0) is 14.7. The molecule has 0 saturated heterocycles. The van der Waals surface area contributed by atoms with Crippen molar-refractivity contribution in [3.8, 4) is 0 Å². The van der Waals surface area contributed by atoms with Crippen LogP contribution in [0.2, 0.25) is 0 Å². The summed E-state index contributed by atoms with van der Waals surface area (Å²) in [5, 5.41) is 0. The molecule has 3 N–H and O–H groups in total. The quantitative estimate of drug-likeness (QED) is 0.874. The van der Waals surface area contributed by atoms with Crippen molar-refractivity contribution in [2.45, 2.75) is 19.5 Å². The van der Waals surface area contributed by atoms with Gasteiger partial charge < -0.3 is 5.73 Å². The molecule has 0 fully saturated rings. The lowest BCUT2D eigenvalue weighted by atomic mass is 10.1. The Morgan fingerprint density at radius 3 is 2.47 bits per heavy atom. The number of sulfonamides is 1. The van der Waals surface area contributed by atoms with Crippen molar-refractivity contribution in [3.05, 3.63) is 29.3 Å². The van der Waals surface area contributed by atoms with Gasteiger partial charge >= 0.3 is 6.18 Å². The minimum absolute atomic E-state index is 0.0393. The zero-order valence-electron chi connectivity index (χ0n) is 10.3. The number of anilines is 1. The number of benzene rings is 1. The molecule has 0 spiro atoms. The van der Waals surface area contributed by atoms with Crippen molar-refractivity contribution in [1.29, 1.82) is 0 Å². The maximum absolute atomic E-state index is 12.7. The monoisotopic (exact) mass is 296 g/mol. The Balaban J connectivity index is 2.98. The molecule has 108 valence electrons. The standard InChI is InChI=1S/C11H15F3N2O2S/c1-8-3-4-9(7-10(8)11(12,13)14)16-19(17,18)6-2-5-15/h3-4,7,16H,2,5-6,15H2,1H3. The lowest BCUT2D eigenvalue weighted by Crippen LogP contribution is -2.19. The van der Waals surface area contributed by atoms with Crippen molar-refractivity contribution < 1.29 is 21.6 Å². The molecular formula is C11H15F3N2O2S. The van der Waals surface area contributed by atoms with Crippen LogP contribution in [0.15, 0.2) is 18.2 Å². The summed E-state index contributed by atoms with van der Waals surface area (Å²) in [6.07, 6.45) is -4.27. The summed E-state index contributed by atoms with van der Waals surface area (Å²) in [5.41, 5.74) is 4.27. The first kappa shape index (κ1) is 15.8. The molecule has 0 atom stereocenters. The second kappa shape index (κ2) is 5.79. The molecule has 1 rings (SSSR count). The van der Waals surface area contributed by atoms with E-state index in [0.29, 0.717) is 0 Å². The maximum atomic E-state index is 12.7. The molecule has 8 heteroatoms.